The molecule has 1 aromatic heterocycles. The number of hydrogen-bond donors (Lipinski definition) is 0. The van der Waals surface area contributed by atoms with Gasteiger partial charge in [-0.05, 0) is 19.1 Å². The Labute approximate surface area is 97.6 Å². The summed E-state index contributed by atoms with van der Waals surface area (Å²) in [5.41, 5.74) is 0.450. The van der Waals surface area contributed by atoms with E-state index in [0.29, 0.717) is 5.69 Å². The number of imide groups is 1. The smallest absolute Gasteiger partial charge is 0.315 e. The molecule has 2 rings (SSSR count). The van der Waals surface area contributed by atoms with E-state index >= 15 is 0 Å². The third kappa shape index (κ3) is 1.53. The maximum Gasteiger partial charge on any atom is 0.331 e. The van der Waals surface area contributed by atoms with Crippen molar-refractivity contribution in [3.8, 4) is 0 Å². The summed E-state index contributed by atoms with van der Waals surface area (Å²) in [4.78, 5) is 29.9. The Bertz CT molecular complexity index is 443. The Hall–Kier alpha value is -1.62. The quantitative estimate of drug-likeness (QED) is 0.552. The van der Waals surface area contributed by atoms with E-state index in [1.807, 2.05) is 0 Å². The maximum absolute atomic E-state index is 11.8. The number of rotatable bonds is 1. The van der Waals surface area contributed by atoms with Crippen LogP contribution in [0.2, 0.25) is 5.15 Å². The van der Waals surface area contributed by atoms with Crippen LogP contribution < -0.4 is 4.90 Å². The topological polar surface area (TPSA) is 53.5 Å². The standard InChI is InChI=1S/C10H10ClN3O2/c1-6-9(15)14(10(16)13(6)2)7-3-4-12-8(11)5-7/h3-6H,1-2H3/t6-/m0/s1. The van der Waals surface area contributed by atoms with E-state index < -0.39 is 6.04 Å². The van der Waals surface area contributed by atoms with Gasteiger partial charge in [0, 0.05) is 13.2 Å². The molecule has 6 heteroatoms. The number of urea groups is 1. The summed E-state index contributed by atoms with van der Waals surface area (Å²) in [6, 6.07) is 2.27. The van der Waals surface area contributed by atoms with Crippen LogP contribution in [0.4, 0.5) is 10.5 Å². The van der Waals surface area contributed by atoms with Gasteiger partial charge in [-0.2, -0.15) is 0 Å². The number of hydrogen-bond acceptors (Lipinski definition) is 3. The first kappa shape index (κ1) is 10.9. The van der Waals surface area contributed by atoms with Crippen molar-refractivity contribution in [1.29, 1.82) is 0 Å². The molecule has 3 amide bonds. The monoisotopic (exact) mass is 239 g/mol. The van der Waals surface area contributed by atoms with E-state index in [-0.39, 0.29) is 17.1 Å². The minimum Gasteiger partial charge on any atom is -0.315 e. The van der Waals surface area contributed by atoms with Gasteiger partial charge in [-0.3, -0.25) is 4.79 Å². The number of nitrogens with zero attached hydrogens (tertiary/aromatic N) is 3. The predicted molar refractivity (Wildman–Crippen MR) is 59.4 cm³/mol. The number of pyridine rings is 1. The second-order valence-corrected chi connectivity index (χ2v) is 3.97. The third-order valence-electron chi connectivity index (χ3n) is 2.62. The highest BCUT2D eigenvalue weighted by Gasteiger charge is 2.41. The molecule has 0 saturated carbocycles. The first-order valence-corrected chi connectivity index (χ1v) is 5.12. The second kappa shape index (κ2) is 3.75. The lowest BCUT2D eigenvalue weighted by Gasteiger charge is -2.13. The van der Waals surface area contributed by atoms with Crippen molar-refractivity contribution in [1.82, 2.24) is 9.88 Å². The molecule has 1 aliphatic heterocycles. The zero-order valence-electron chi connectivity index (χ0n) is 8.85. The third-order valence-corrected chi connectivity index (χ3v) is 2.83. The fraction of sp³-hybridized carbons (Fsp3) is 0.300. The maximum atomic E-state index is 11.8. The molecular formula is C10H10ClN3O2. The molecule has 0 unspecified atom stereocenters. The highest BCUT2D eigenvalue weighted by Crippen LogP contribution is 2.24. The van der Waals surface area contributed by atoms with E-state index in [1.165, 1.54) is 17.2 Å². The zero-order chi connectivity index (χ0) is 11.9. The Kier molecular flexibility index (Phi) is 2.55. The lowest BCUT2D eigenvalue weighted by Crippen LogP contribution is -2.31. The van der Waals surface area contributed by atoms with Gasteiger partial charge in [-0.15, -0.1) is 0 Å². The number of likely N-dealkylation sites (N-methyl/N-ethyl adjacent to an activating group) is 1. The molecule has 0 radical (unpaired) electrons. The molecule has 1 fully saturated rings. The number of amides is 3. The summed E-state index contributed by atoms with van der Waals surface area (Å²) in [7, 11) is 1.59. The van der Waals surface area contributed by atoms with Crippen LogP contribution in [0.3, 0.4) is 0 Å². The molecule has 16 heavy (non-hydrogen) atoms. The van der Waals surface area contributed by atoms with Crippen molar-refractivity contribution in [2.75, 3.05) is 11.9 Å². The first-order chi connectivity index (χ1) is 7.52. The number of aromatic nitrogens is 1. The van der Waals surface area contributed by atoms with E-state index in [9.17, 15) is 9.59 Å². The Morgan fingerprint density at radius 1 is 1.44 bits per heavy atom. The SMILES string of the molecule is C[C@H]1C(=O)N(c2ccnc(Cl)c2)C(=O)N1C. The first-order valence-electron chi connectivity index (χ1n) is 4.74. The largest absolute Gasteiger partial charge is 0.331 e. The van der Waals surface area contributed by atoms with Crippen LogP contribution in [0, 0.1) is 0 Å². The van der Waals surface area contributed by atoms with E-state index in [1.54, 1.807) is 20.0 Å². The molecule has 1 atom stereocenters. The van der Waals surface area contributed by atoms with Gasteiger partial charge in [-0.25, -0.2) is 14.7 Å². The summed E-state index contributed by atoms with van der Waals surface area (Å²) in [6.45, 7) is 1.68. The summed E-state index contributed by atoms with van der Waals surface area (Å²) in [5, 5.41) is 0.250. The van der Waals surface area contributed by atoms with Gasteiger partial charge in [-0.1, -0.05) is 11.6 Å². The van der Waals surface area contributed by atoms with E-state index in [0.717, 1.165) is 4.90 Å². The number of anilines is 1. The highest BCUT2D eigenvalue weighted by molar-refractivity contribution is 6.30. The Morgan fingerprint density at radius 2 is 2.12 bits per heavy atom. The summed E-state index contributed by atoms with van der Waals surface area (Å²) in [6.07, 6.45) is 1.46. The van der Waals surface area contributed by atoms with Gasteiger partial charge in [0.25, 0.3) is 5.91 Å². The number of carbonyl (C=O) groups is 2. The van der Waals surface area contributed by atoms with Gasteiger partial charge in [0.15, 0.2) is 0 Å². The predicted octanol–water partition coefficient (Wildman–Crippen LogP) is 1.52. The average Bonchev–Trinajstić information content (AvgIpc) is 2.44. The summed E-state index contributed by atoms with van der Waals surface area (Å²) >= 11 is 5.72. The zero-order valence-corrected chi connectivity index (χ0v) is 9.60. The minimum atomic E-state index is -0.445. The molecule has 5 nitrogen and oxygen atoms in total. The van der Waals surface area contributed by atoms with Crippen molar-refractivity contribution >= 4 is 29.2 Å². The van der Waals surface area contributed by atoms with Crippen LogP contribution in [0.15, 0.2) is 18.3 Å². The molecule has 1 aromatic rings. The van der Waals surface area contributed by atoms with Crippen LogP contribution in [0.25, 0.3) is 0 Å². The van der Waals surface area contributed by atoms with Gasteiger partial charge < -0.3 is 4.90 Å². The van der Waals surface area contributed by atoms with Crippen LogP contribution in [0.1, 0.15) is 6.92 Å². The average molecular weight is 240 g/mol. The van der Waals surface area contributed by atoms with Crippen molar-refractivity contribution in [2.24, 2.45) is 0 Å². The van der Waals surface area contributed by atoms with Gasteiger partial charge >= 0.3 is 6.03 Å². The second-order valence-electron chi connectivity index (χ2n) is 3.58. The number of halogens is 1. The van der Waals surface area contributed by atoms with Crippen molar-refractivity contribution in [3.63, 3.8) is 0 Å². The fourth-order valence-electron chi connectivity index (χ4n) is 1.54. The van der Waals surface area contributed by atoms with Crippen LogP contribution in [0.5, 0.6) is 0 Å². The molecule has 0 spiro atoms. The molecule has 0 N–H and O–H groups in total. The van der Waals surface area contributed by atoms with Gasteiger partial charge in [0.05, 0.1) is 5.69 Å². The molecule has 1 aliphatic rings. The van der Waals surface area contributed by atoms with Crippen LogP contribution in [-0.2, 0) is 4.79 Å². The molecule has 0 aliphatic carbocycles. The molecule has 0 aromatic carbocycles. The highest BCUT2D eigenvalue weighted by atomic mass is 35.5. The summed E-state index contributed by atoms with van der Waals surface area (Å²) in [5.74, 6) is -0.255. The molecule has 2 heterocycles. The van der Waals surface area contributed by atoms with Gasteiger partial charge in [0.2, 0.25) is 0 Å². The number of carbonyl (C=O) groups excluding carboxylic acids is 2. The molecule has 84 valence electrons. The lowest BCUT2D eigenvalue weighted by atomic mass is 10.3. The van der Waals surface area contributed by atoms with E-state index in [2.05, 4.69) is 4.98 Å². The normalized spacial score (nSPS) is 20.8. The van der Waals surface area contributed by atoms with Crippen molar-refractivity contribution in [3.05, 3.63) is 23.5 Å². The fourth-order valence-corrected chi connectivity index (χ4v) is 1.71. The molecule has 1 saturated heterocycles. The molecule has 0 bridgehead atoms. The molecular weight excluding hydrogens is 230 g/mol. The van der Waals surface area contributed by atoms with Crippen LogP contribution >= 0.6 is 11.6 Å². The van der Waals surface area contributed by atoms with Crippen molar-refractivity contribution in [2.45, 2.75) is 13.0 Å². The lowest BCUT2D eigenvalue weighted by molar-refractivity contribution is -0.119. The van der Waals surface area contributed by atoms with E-state index in [4.69, 9.17) is 11.6 Å². The van der Waals surface area contributed by atoms with Crippen LogP contribution in [-0.4, -0.2) is 34.9 Å². The Morgan fingerprint density at radius 3 is 2.62 bits per heavy atom. The minimum absolute atomic E-state index is 0.250. The Balaban J connectivity index is 2.42. The van der Waals surface area contributed by atoms with Gasteiger partial charge in [0.1, 0.15) is 11.2 Å². The van der Waals surface area contributed by atoms with Crippen molar-refractivity contribution < 1.29 is 9.59 Å². The summed E-state index contributed by atoms with van der Waals surface area (Å²) < 4.78 is 0.